The average Bonchev–Trinajstić information content (AvgIpc) is 2.94. The molecule has 0 bridgehead atoms. The van der Waals surface area contributed by atoms with Crippen LogP contribution in [0.25, 0.3) is 0 Å². The molecule has 0 saturated heterocycles. The van der Waals surface area contributed by atoms with Crippen molar-refractivity contribution in [2.24, 2.45) is 0 Å². The van der Waals surface area contributed by atoms with E-state index < -0.39 is 0 Å². The van der Waals surface area contributed by atoms with E-state index in [1.54, 1.807) is 0 Å². The minimum atomic E-state index is -0.340. The van der Waals surface area contributed by atoms with Gasteiger partial charge in [-0.1, -0.05) is 54.3 Å². The summed E-state index contributed by atoms with van der Waals surface area (Å²) in [6.07, 6.45) is 4.26. The summed E-state index contributed by atoms with van der Waals surface area (Å²) in [5, 5.41) is 12.7. The molecule has 1 N–H and O–H groups in total. The van der Waals surface area contributed by atoms with Crippen LogP contribution in [-0.4, -0.2) is 23.2 Å². The molecule has 0 saturated carbocycles. The zero-order valence-electron chi connectivity index (χ0n) is 12.9. The molecular weight excluding hydrogens is 357 g/mol. The molecule has 0 spiro atoms. The molecule has 0 unspecified atom stereocenters. The topological polar surface area (TPSA) is 64.1 Å². The van der Waals surface area contributed by atoms with Gasteiger partial charge in [-0.25, -0.2) is 0 Å². The Labute approximate surface area is 149 Å². The molecule has 8 heteroatoms. The van der Waals surface area contributed by atoms with Crippen molar-refractivity contribution in [1.82, 2.24) is 10.2 Å². The van der Waals surface area contributed by atoms with Crippen molar-refractivity contribution in [1.29, 1.82) is 0 Å². The first kappa shape index (κ1) is 18.0. The maximum Gasteiger partial charge on any atom is 0.257 e. The van der Waals surface area contributed by atoms with Crippen LogP contribution in [0.1, 0.15) is 41.6 Å². The Kier molecular flexibility index (Phi) is 6.62. The van der Waals surface area contributed by atoms with Crippen molar-refractivity contribution >= 4 is 45.6 Å². The van der Waals surface area contributed by atoms with Crippen LogP contribution in [-0.2, 0) is 6.42 Å². The van der Waals surface area contributed by atoms with E-state index in [2.05, 4.69) is 22.4 Å². The summed E-state index contributed by atoms with van der Waals surface area (Å²) in [5.41, 5.74) is 0.337. The Morgan fingerprint density at radius 3 is 2.57 bits per heavy atom. The van der Waals surface area contributed by atoms with Crippen molar-refractivity contribution in [2.45, 2.75) is 32.6 Å². The number of nitrogens with one attached hydrogen (secondary N) is 1. The highest BCUT2D eigenvalue weighted by Gasteiger charge is 2.15. The van der Waals surface area contributed by atoms with Gasteiger partial charge in [-0.15, -0.1) is 10.2 Å². The normalized spacial score (nSPS) is 10.6. The van der Waals surface area contributed by atoms with Crippen molar-refractivity contribution in [3.8, 4) is 5.75 Å². The van der Waals surface area contributed by atoms with Crippen molar-refractivity contribution in [3.05, 3.63) is 32.7 Å². The highest BCUT2D eigenvalue weighted by molar-refractivity contribution is 7.15. The zero-order valence-corrected chi connectivity index (χ0v) is 15.2. The molecule has 1 heterocycles. The third kappa shape index (κ3) is 4.80. The summed E-state index contributed by atoms with van der Waals surface area (Å²) in [6, 6.07) is 3.01. The van der Waals surface area contributed by atoms with Crippen LogP contribution in [0.3, 0.4) is 0 Å². The molecule has 0 atom stereocenters. The molecule has 5 nitrogen and oxygen atoms in total. The number of anilines is 1. The fourth-order valence-electron chi connectivity index (χ4n) is 1.99. The number of nitrogens with zero attached hydrogens (tertiary/aromatic N) is 2. The minimum absolute atomic E-state index is 0.280. The zero-order chi connectivity index (χ0) is 16.8. The number of amides is 1. The lowest BCUT2D eigenvalue weighted by atomic mass is 10.2. The van der Waals surface area contributed by atoms with E-state index in [1.807, 2.05) is 0 Å². The Hall–Kier alpha value is -1.37. The Balaban J connectivity index is 2.04. The number of hydrogen-bond donors (Lipinski definition) is 1. The first-order valence-corrected chi connectivity index (χ1v) is 8.79. The molecule has 0 fully saturated rings. The lowest BCUT2D eigenvalue weighted by Gasteiger charge is -2.08. The quantitative estimate of drug-likeness (QED) is 0.705. The molecule has 23 heavy (non-hydrogen) atoms. The molecule has 2 aromatic rings. The van der Waals surface area contributed by atoms with Crippen molar-refractivity contribution in [2.75, 3.05) is 12.4 Å². The maximum absolute atomic E-state index is 12.3. The second kappa shape index (κ2) is 8.47. The molecule has 0 aliphatic rings. The van der Waals surface area contributed by atoms with Crippen molar-refractivity contribution in [3.63, 3.8) is 0 Å². The Bertz CT molecular complexity index is 668. The predicted octanol–water partition coefficient (Wildman–Crippen LogP) is 4.84. The molecule has 1 aromatic heterocycles. The maximum atomic E-state index is 12.3. The fourth-order valence-corrected chi connectivity index (χ4v) is 3.40. The SMILES string of the molecule is CCCCCc1nnc(NC(=O)c2cc(Cl)c(OC)c(Cl)c2)s1. The lowest BCUT2D eigenvalue weighted by Crippen LogP contribution is -2.12. The number of hydrogen-bond acceptors (Lipinski definition) is 5. The van der Waals surface area contributed by atoms with E-state index in [4.69, 9.17) is 27.9 Å². The van der Waals surface area contributed by atoms with Gasteiger partial charge in [0, 0.05) is 12.0 Å². The minimum Gasteiger partial charge on any atom is -0.494 e. The fraction of sp³-hybridized carbons (Fsp3) is 0.400. The van der Waals surface area contributed by atoms with Gasteiger partial charge in [0.25, 0.3) is 5.91 Å². The van der Waals surface area contributed by atoms with Crippen LogP contribution in [0.5, 0.6) is 5.75 Å². The number of rotatable bonds is 7. The molecular formula is C15H17Cl2N3O2S. The van der Waals surface area contributed by atoms with Gasteiger partial charge in [-0.3, -0.25) is 10.1 Å². The second-order valence-electron chi connectivity index (χ2n) is 4.89. The summed E-state index contributed by atoms with van der Waals surface area (Å²) in [4.78, 5) is 12.3. The molecule has 0 radical (unpaired) electrons. The lowest BCUT2D eigenvalue weighted by molar-refractivity contribution is 0.102. The monoisotopic (exact) mass is 373 g/mol. The van der Waals surface area contributed by atoms with E-state index in [1.165, 1.54) is 30.6 Å². The number of carbonyl (C=O) groups is 1. The van der Waals surface area contributed by atoms with Gasteiger partial charge >= 0.3 is 0 Å². The number of unbranched alkanes of at least 4 members (excludes halogenated alkanes) is 2. The van der Waals surface area contributed by atoms with Crippen LogP contribution < -0.4 is 10.1 Å². The van der Waals surface area contributed by atoms with Gasteiger partial charge in [-0.05, 0) is 18.6 Å². The van der Waals surface area contributed by atoms with E-state index in [0.717, 1.165) is 30.7 Å². The molecule has 124 valence electrons. The summed E-state index contributed by atoms with van der Waals surface area (Å²) >= 11 is 13.5. The van der Waals surface area contributed by atoms with E-state index >= 15 is 0 Å². The molecule has 0 aliphatic heterocycles. The first-order chi connectivity index (χ1) is 11.0. The van der Waals surface area contributed by atoms with Crippen LogP contribution in [0, 0.1) is 0 Å². The largest absolute Gasteiger partial charge is 0.494 e. The highest BCUT2D eigenvalue weighted by atomic mass is 35.5. The molecule has 0 aliphatic carbocycles. The van der Waals surface area contributed by atoms with Gasteiger partial charge in [-0.2, -0.15) is 0 Å². The number of carbonyl (C=O) groups excluding carboxylic acids is 1. The van der Waals surface area contributed by atoms with Gasteiger partial charge in [0.05, 0.1) is 17.2 Å². The Morgan fingerprint density at radius 1 is 1.26 bits per heavy atom. The number of aryl methyl sites for hydroxylation is 1. The number of methoxy groups -OCH3 is 1. The van der Waals surface area contributed by atoms with E-state index in [-0.39, 0.29) is 16.0 Å². The third-order valence-electron chi connectivity index (χ3n) is 3.15. The number of aromatic nitrogens is 2. The molecule has 1 aromatic carbocycles. The molecule has 2 rings (SSSR count). The standard InChI is InChI=1S/C15H17Cl2N3O2S/c1-3-4-5-6-12-19-20-15(23-12)18-14(21)9-7-10(16)13(22-2)11(17)8-9/h7-8H,3-6H2,1-2H3,(H,18,20,21). The first-order valence-electron chi connectivity index (χ1n) is 7.22. The third-order valence-corrected chi connectivity index (χ3v) is 4.61. The summed E-state index contributed by atoms with van der Waals surface area (Å²) in [6.45, 7) is 2.15. The predicted molar refractivity (Wildman–Crippen MR) is 94.1 cm³/mol. The van der Waals surface area contributed by atoms with Crippen LogP contribution >= 0.6 is 34.5 Å². The van der Waals surface area contributed by atoms with Gasteiger partial charge in [0.2, 0.25) is 5.13 Å². The van der Waals surface area contributed by atoms with Crippen LogP contribution in [0.2, 0.25) is 10.0 Å². The number of ether oxygens (including phenoxy) is 1. The molecule has 1 amide bonds. The second-order valence-corrected chi connectivity index (χ2v) is 6.76. The van der Waals surface area contributed by atoms with Crippen LogP contribution in [0.15, 0.2) is 12.1 Å². The summed E-state index contributed by atoms with van der Waals surface area (Å²) < 4.78 is 5.06. The van der Waals surface area contributed by atoms with E-state index in [0.29, 0.717) is 16.4 Å². The number of benzene rings is 1. The average molecular weight is 374 g/mol. The Morgan fingerprint density at radius 2 is 1.96 bits per heavy atom. The van der Waals surface area contributed by atoms with Crippen LogP contribution in [0.4, 0.5) is 5.13 Å². The van der Waals surface area contributed by atoms with Gasteiger partial charge in [0.15, 0.2) is 5.75 Å². The van der Waals surface area contributed by atoms with E-state index in [9.17, 15) is 4.79 Å². The van der Waals surface area contributed by atoms with Gasteiger partial charge in [0.1, 0.15) is 5.01 Å². The van der Waals surface area contributed by atoms with Gasteiger partial charge < -0.3 is 4.74 Å². The summed E-state index contributed by atoms with van der Waals surface area (Å²) in [5.74, 6) is 0.00622. The number of halogens is 2. The smallest absolute Gasteiger partial charge is 0.257 e. The highest BCUT2D eigenvalue weighted by Crippen LogP contribution is 2.34. The van der Waals surface area contributed by atoms with Crippen molar-refractivity contribution < 1.29 is 9.53 Å². The summed E-state index contributed by atoms with van der Waals surface area (Å²) in [7, 11) is 1.47.